The monoisotopic (exact) mass is 524 g/mol. The summed E-state index contributed by atoms with van der Waals surface area (Å²) in [6.45, 7) is 2.94. The predicted molar refractivity (Wildman–Crippen MR) is 142 cm³/mol. The molecule has 0 aliphatic rings. The number of aryl methyl sites for hydroxylation is 1. The number of amides is 1. The van der Waals surface area contributed by atoms with Crippen LogP contribution >= 0.6 is 11.6 Å². The van der Waals surface area contributed by atoms with Crippen molar-refractivity contribution in [3.05, 3.63) is 105 Å². The largest absolute Gasteiger partial charge is 0.318 e. The number of aromatic nitrogens is 2. The summed E-state index contributed by atoms with van der Waals surface area (Å²) in [6, 6.07) is 21.6. The third-order valence-corrected chi connectivity index (χ3v) is 7.92. The fraction of sp³-hybridized carbons (Fsp3) is 0.154. The molecule has 0 atom stereocenters. The van der Waals surface area contributed by atoms with Gasteiger partial charge in [-0.15, -0.1) is 0 Å². The zero-order valence-corrected chi connectivity index (χ0v) is 21.5. The third kappa shape index (κ3) is 4.80. The fourth-order valence-corrected chi connectivity index (χ4v) is 5.51. The van der Waals surface area contributed by atoms with Crippen LogP contribution in [0.2, 0.25) is 5.02 Å². The quantitative estimate of drug-likeness (QED) is 0.390. The maximum absolute atomic E-state index is 13.6. The molecule has 3 aromatic carbocycles. The molecule has 186 valence electrons. The summed E-state index contributed by atoms with van der Waals surface area (Å²) in [5.41, 5.74) is 1.86. The van der Waals surface area contributed by atoms with Crippen molar-refractivity contribution in [3.63, 3.8) is 0 Å². The van der Waals surface area contributed by atoms with Gasteiger partial charge in [-0.1, -0.05) is 48.0 Å². The number of nitrogens with zero attached hydrogens (tertiary/aromatic N) is 3. The molecular weight excluding hydrogens is 500 g/mol. The van der Waals surface area contributed by atoms with Crippen molar-refractivity contribution in [3.8, 4) is 5.69 Å². The minimum absolute atomic E-state index is 0.00900. The summed E-state index contributed by atoms with van der Waals surface area (Å²) in [6.07, 6.45) is 0. The Balaban J connectivity index is 1.71. The maximum atomic E-state index is 13.6. The van der Waals surface area contributed by atoms with Crippen LogP contribution < -0.4 is 15.2 Å². The molecule has 0 aliphatic heterocycles. The number of hydrogen-bond donors (Lipinski definition) is 1. The minimum atomic E-state index is -4.12. The zero-order valence-electron chi connectivity index (χ0n) is 20.0. The molecule has 36 heavy (non-hydrogen) atoms. The smallest absolute Gasteiger partial charge is 0.295 e. The number of nitrogens with one attached hydrogen (secondary N) is 1. The molecule has 0 saturated carbocycles. The lowest BCUT2D eigenvalue weighted by Crippen LogP contribution is -2.39. The molecule has 0 saturated heterocycles. The molecule has 8 nitrogen and oxygen atoms in total. The highest BCUT2D eigenvalue weighted by molar-refractivity contribution is 7.92. The van der Waals surface area contributed by atoms with E-state index < -0.39 is 28.0 Å². The molecule has 1 heterocycles. The van der Waals surface area contributed by atoms with E-state index in [0.717, 1.165) is 4.31 Å². The Hall–Kier alpha value is -3.82. The van der Waals surface area contributed by atoms with Gasteiger partial charge in [0, 0.05) is 12.1 Å². The van der Waals surface area contributed by atoms with E-state index in [4.69, 9.17) is 11.6 Å². The highest BCUT2D eigenvalue weighted by Gasteiger charge is 2.29. The molecule has 0 bridgehead atoms. The highest BCUT2D eigenvalue weighted by Crippen LogP contribution is 2.27. The second-order valence-corrected chi connectivity index (χ2v) is 10.5. The van der Waals surface area contributed by atoms with Crippen LogP contribution in [0.1, 0.15) is 11.3 Å². The van der Waals surface area contributed by atoms with E-state index >= 15 is 0 Å². The summed E-state index contributed by atoms with van der Waals surface area (Å²) < 4.78 is 31.3. The van der Waals surface area contributed by atoms with Crippen molar-refractivity contribution < 1.29 is 13.2 Å². The first kappa shape index (κ1) is 25.3. The fourth-order valence-electron chi connectivity index (χ4n) is 3.90. The average Bonchev–Trinajstić information content (AvgIpc) is 3.06. The summed E-state index contributed by atoms with van der Waals surface area (Å²) in [7, 11) is -2.41. The molecule has 10 heteroatoms. The van der Waals surface area contributed by atoms with Crippen molar-refractivity contribution in [1.82, 2.24) is 9.36 Å². The number of carbonyl (C=O) groups is 1. The highest BCUT2D eigenvalue weighted by atomic mass is 35.5. The molecule has 1 amide bonds. The molecule has 0 aliphatic carbocycles. The summed E-state index contributed by atoms with van der Waals surface area (Å²) in [5.74, 6) is -0.651. The van der Waals surface area contributed by atoms with Crippen molar-refractivity contribution in [2.45, 2.75) is 18.7 Å². The molecule has 0 unspecified atom stereocenters. The van der Waals surface area contributed by atoms with Gasteiger partial charge in [0.05, 0.1) is 22.0 Å². The lowest BCUT2D eigenvalue weighted by Gasteiger charge is -2.25. The Morgan fingerprint density at radius 2 is 1.56 bits per heavy atom. The van der Waals surface area contributed by atoms with Gasteiger partial charge >= 0.3 is 0 Å². The Morgan fingerprint density at radius 1 is 0.944 bits per heavy atom. The van der Waals surface area contributed by atoms with E-state index in [1.807, 2.05) is 18.2 Å². The van der Waals surface area contributed by atoms with Gasteiger partial charge in [0.25, 0.3) is 15.6 Å². The molecule has 0 fully saturated rings. The van der Waals surface area contributed by atoms with Gasteiger partial charge < -0.3 is 5.32 Å². The van der Waals surface area contributed by atoms with Crippen molar-refractivity contribution >= 4 is 38.9 Å². The van der Waals surface area contributed by atoms with Crippen LogP contribution in [-0.4, -0.2) is 30.2 Å². The van der Waals surface area contributed by atoms with Crippen LogP contribution in [0.3, 0.4) is 0 Å². The summed E-state index contributed by atoms with van der Waals surface area (Å²) >= 11 is 5.94. The first-order chi connectivity index (χ1) is 17.1. The standard InChI is InChI=1S/C26H25ClN4O4S/c1-18-9-7-8-12-23(18)30(36(34,35)22-15-13-20(27)14-16-22)17-24(32)28-25-19(2)29(3)31(26(25)33)21-10-5-4-6-11-21/h4-16H,17H2,1-3H3,(H,28,32). The molecule has 0 spiro atoms. The normalized spacial score (nSPS) is 11.3. The number of benzene rings is 3. The molecule has 4 rings (SSSR count). The van der Waals surface area contributed by atoms with Crippen LogP contribution in [0.15, 0.2) is 88.6 Å². The van der Waals surface area contributed by atoms with Crippen molar-refractivity contribution in [2.75, 3.05) is 16.2 Å². The van der Waals surface area contributed by atoms with E-state index in [9.17, 15) is 18.0 Å². The van der Waals surface area contributed by atoms with Gasteiger partial charge in [0.2, 0.25) is 5.91 Å². The molecular formula is C26H25ClN4O4S. The molecule has 1 N–H and O–H groups in total. The number of hydrogen-bond acceptors (Lipinski definition) is 4. The van der Waals surface area contributed by atoms with Gasteiger partial charge in [-0.2, -0.15) is 0 Å². The Labute approximate surface area is 214 Å². The van der Waals surface area contributed by atoms with Crippen LogP contribution in [0, 0.1) is 13.8 Å². The van der Waals surface area contributed by atoms with E-state index in [1.165, 1.54) is 28.9 Å². The van der Waals surface area contributed by atoms with Crippen molar-refractivity contribution in [2.24, 2.45) is 7.05 Å². The molecule has 1 aromatic heterocycles. The van der Waals surface area contributed by atoms with E-state index in [-0.39, 0.29) is 10.6 Å². The van der Waals surface area contributed by atoms with Crippen LogP contribution in [0.5, 0.6) is 0 Å². The van der Waals surface area contributed by atoms with E-state index in [1.54, 1.807) is 62.0 Å². The Bertz CT molecular complexity index is 1580. The topological polar surface area (TPSA) is 93.4 Å². The summed E-state index contributed by atoms with van der Waals surface area (Å²) in [5, 5.41) is 3.03. The van der Waals surface area contributed by atoms with Crippen LogP contribution in [-0.2, 0) is 21.9 Å². The number of sulfonamides is 1. The van der Waals surface area contributed by atoms with Crippen LogP contribution in [0.4, 0.5) is 11.4 Å². The Kier molecular flexibility index (Phi) is 7.05. The maximum Gasteiger partial charge on any atom is 0.295 e. The number of para-hydroxylation sites is 2. The summed E-state index contributed by atoms with van der Waals surface area (Å²) in [4.78, 5) is 26.4. The van der Waals surface area contributed by atoms with Gasteiger partial charge in [0.1, 0.15) is 12.2 Å². The molecule has 4 aromatic rings. The first-order valence-electron chi connectivity index (χ1n) is 11.1. The SMILES string of the molecule is Cc1ccccc1N(CC(=O)Nc1c(C)n(C)n(-c2ccccc2)c1=O)S(=O)(=O)c1ccc(Cl)cc1. The predicted octanol–water partition coefficient (Wildman–Crippen LogP) is 4.28. The minimum Gasteiger partial charge on any atom is -0.318 e. The van der Waals surface area contributed by atoms with E-state index in [0.29, 0.717) is 27.7 Å². The Morgan fingerprint density at radius 3 is 2.19 bits per heavy atom. The average molecular weight is 525 g/mol. The number of carbonyl (C=O) groups excluding carboxylic acids is 1. The lowest BCUT2D eigenvalue weighted by atomic mass is 10.2. The number of rotatable bonds is 7. The first-order valence-corrected chi connectivity index (χ1v) is 12.9. The van der Waals surface area contributed by atoms with Crippen molar-refractivity contribution in [1.29, 1.82) is 0 Å². The second-order valence-electron chi connectivity index (χ2n) is 8.24. The number of halogens is 1. The lowest BCUT2D eigenvalue weighted by molar-refractivity contribution is -0.114. The number of anilines is 2. The van der Waals surface area contributed by atoms with Crippen LogP contribution in [0.25, 0.3) is 5.69 Å². The van der Waals surface area contributed by atoms with Gasteiger partial charge in [0.15, 0.2) is 0 Å². The van der Waals surface area contributed by atoms with Gasteiger partial charge in [-0.05, 0) is 61.9 Å². The van der Waals surface area contributed by atoms with Gasteiger partial charge in [-0.3, -0.25) is 18.6 Å². The van der Waals surface area contributed by atoms with Gasteiger partial charge in [-0.25, -0.2) is 13.1 Å². The molecule has 0 radical (unpaired) electrons. The third-order valence-electron chi connectivity index (χ3n) is 5.89. The zero-order chi connectivity index (χ0) is 26.0. The van der Waals surface area contributed by atoms with E-state index in [2.05, 4.69) is 5.32 Å². The second kappa shape index (κ2) is 10.0.